The molecule has 0 saturated carbocycles. The van der Waals surface area contributed by atoms with E-state index < -0.39 is 0 Å². The average Bonchev–Trinajstić information content (AvgIpc) is 3.60. The third-order valence-electron chi connectivity index (χ3n) is 9.74. The fourth-order valence-electron chi connectivity index (χ4n) is 7.26. The van der Waals surface area contributed by atoms with Crippen molar-refractivity contribution in [2.45, 2.75) is 0 Å². The van der Waals surface area contributed by atoms with Gasteiger partial charge in [0.05, 0.1) is 0 Å². The molecule has 10 aromatic rings. The summed E-state index contributed by atoms with van der Waals surface area (Å²) in [6, 6.07) is 61.0. The Bertz CT molecular complexity index is 2900. The van der Waals surface area contributed by atoms with Crippen LogP contribution in [0.15, 0.2) is 180 Å². The van der Waals surface area contributed by atoms with Crippen LogP contribution in [0.1, 0.15) is 0 Å². The first-order valence-electron chi connectivity index (χ1n) is 17.1. The Balaban J connectivity index is 1.17. The van der Waals surface area contributed by atoms with Crippen LogP contribution in [0.25, 0.3) is 99.9 Å². The maximum absolute atomic E-state index is 6.54. The molecule has 0 radical (unpaired) electrons. The second kappa shape index (κ2) is 11.9. The third kappa shape index (κ3) is 5.04. The van der Waals surface area contributed by atoms with E-state index in [0.717, 1.165) is 55.3 Å². The van der Waals surface area contributed by atoms with Gasteiger partial charge in [-0.05, 0) is 62.0 Å². The monoisotopic (exact) mass is 651 g/mol. The zero-order valence-electron chi connectivity index (χ0n) is 27.5. The van der Waals surface area contributed by atoms with Crippen molar-refractivity contribution < 1.29 is 4.42 Å². The molecule has 0 aliphatic carbocycles. The SMILES string of the molecule is c1ccc(-c2ccc(-c3nc(-c4ccccc4)nc(-c4cccc5oc6cccc(-c7ccc8c(ccc9ccccc98)c7)c6c45)n3)cc2)cc1. The van der Waals surface area contributed by atoms with Gasteiger partial charge in [-0.1, -0.05) is 158 Å². The maximum atomic E-state index is 6.54. The lowest BCUT2D eigenvalue weighted by molar-refractivity contribution is 0.669. The largest absolute Gasteiger partial charge is 0.456 e. The topological polar surface area (TPSA) is 51.8 Å². The number of nitrogens with zero attached hydrogens (tertiary/aromatic N) is 3. The summed E-state index contributed by atoms with van der Waals surface area (Å²) in [7, 11) is 0. The van der Waals surface area contributed by atoms with Crippen LogP contribution in [0, 0.1) is 0 Å². The van der Waals surface area contributed by atoms with Crippen LogP contribution >= 0.6 is 0 Å². The molecule has 2 heterocycles. The van der Waals surface area contributed by atoms with Crippen LogP contribution < -0.4 is 0 Å². The molecule has 0 unspecified atom stereocenters. The van der Waals surface area contributed by atoms with Crippen molar-refractivity contribution in [1.82, 2.24) is 15.0 Å². The van der Waals surface area contributed by atoms with Crippen molar-refractivity contribution in [1.29, 1.82) is 0 Å². The summed E-state index contributed by atoms with van der Waals surface area (Å²) in [6.07, 6.45) is 0. The first-order valence-corrected chi connectivity index (χ1v) is 17.1. The zero-order chi connectivity index (χ0) is 33.7. The van der Waals surface area contributed by atoms with Gasteiger partial charge in [0.25, 0.3) is 0 Å². The van der Waals surface area contributed by atoms with Crippen LogP contribution in [0.3, 0.4) is 0 Å². The second-order valence-corrected chi connectivity index (χ2v) is 12.8. The molecule has 0 bridgehead atoms. The highest BCUT2D eigenvalue weighted by atomic mass is 16.3. The molecule has 0 N–H and O–H groups in total. The standard InChI is InChI=1S/C47H29N3O/c1-3-11-30(12-4-1)31-21-24-34(25-22-31)46-48-45(33-14-5-2-6-15-33)49-47(50-46)40-18-10-20-42-44(40)43-39(17-9-19-41(43)51-42)36-27-28-38-35(29-36)26-23-32-13-7-8-16-37(32)38/h1-29H. The lowest BCUT2D eigenvalue weighted by atomic mass is 9.94. The van der Waals surface area contributed by atoms with Gasteiger partial charge in [-0.3, -0.25) is 0 Å². The molecule has 0 saturated heterocycles. The second-order valence-electron chi connectivity index (χ2n) is 12.8. The van der Waals surface area contributed by atoms with E-state index >= 15 is 0 Å². The van der Waals surface area contributed by atoms with Gasteiger partial charge >= 0.3 is 0 Å². The van der Waals surface area contributed by atoms with E-state index in [1.807, 2.05) is 54.6 Å². The van der Waals surface area contributed by atoms with E-state index in [-0.39, 0.29) is 0 Å². The number of furan rings is 1. The molecule has 238 valence electrons. The van der Waals surface area contributed by atoms with Gasteiger partial charge in [-0.15, -0.1) is 0 Å². The molecule has 8 aromatic carbocycles. The lowest BCUT2D eigenvalue weighted by Crippen LogP contribution is -2.00. The normalized spacial score (nSPS) is 11.5. The fourth-order valence-corrected chi connectivity index (χ4v) is 7.26. The molecule has 4 heteroatoms. The van der Waals surface area contributed by atoms with Crippen molar-refractivity contribution in [2.75, 3.05) is 0 Å². The van der Waals surface area contributed by atoms with E-state index in [1.165, 1.54) is 27.1 Å². The zero-order valence-corrected chi connectivity index (χ0v) is 27.5. The van der Waals surface area contributed by atoms with Gasteiger partial charge in [-0.2, -0.15) is 0 Å². The van der Waals surface area contributed by atoms with Crippen molar-refractivity contribution in [3.8, 4) is 56.4 Å². The van der Waals surface area contributed by atoms with Gasteiger partial charge in [0.2, 0.25) is 0 Å². The van der Waals surface area contributed by atoms with Crippen molar-refractivity contribution >= 4 is 43.5 Å². The summed E-state index contributed by atoms with van der Waals surface area (Å²) >= 11 is 0. The summed E-state index contributed by atoms with van der Waals surface area (Å²) < 4.78 is 6.54. The van der Waals surface area contributed by atoms with E-state index in [9.17, 15) is 0 Å². The van der Waals surface area contributed by atoms with Gasteiger partial charge < -0.3 is 4.42 Å². The number of hydrogen-bond donors (Lipinski definition) is 0. The van der Waals surface area contributed by atoms with Crippen LogP contribution in [-0.2, 0) is 0 Å². The van der Waals surface area contributed by atoms with Gasteiger partial charge in [0, 0.05) is 27.5 Å². The van der Waals surface area contributed by atoms with Crippen molar-refractivity contribution in [3.05, 3.63) is 176 Å². The Labute approximate surface area is 294 Å². The quantitative estimate of drug-likeness (QED) is 0.174. The van der Waals surface area contributed by atoms with Crippen LogP contribution in [0.4, 0.5) is 0 Å². The van der Waals surface area contributed by atoms with E-state index in [2.05, 4.69) is 121 Å². The average molecular weight is 652 g/mol. The van der Waals surface area contributed by atoms with Gasteiger partial charge in [0.15, 0.2) is 17.5 Å². The minimum absolute atomic E-state index is 0.596. The van der Waals surface area contributed by atoms with E-state index in [4.69, 9.17) is 19.4 Å². The number of hydrogen-bond acceptors (Lipinski definition) is 4. The Morgan fingerprint density at radius 1 is 0.314 bits per heavy atom. The predicted molar refractivity (Wildman–Crippen MR) is 209 cm³/mol. The fraction of sp³-hybridized carbons (Fsp3) is 0. The van der Waals surface area contributed by atoms with E-state index in [0.29, 0.717) is 17.5 Å². The Morgan fingerprint density at radius 3 is 1.57 bits per heavy atom. The van der Waals surface area contributed by atoms with E-state index in [1.54, 1.807) is 0 Å². The first kappa shape index (κ1) is 29.0. The summed E-state index contributed by atoms with van der Waals surface area (Å²) in [6.45, 7) is 0. The molecule has 0 atom stereocenters. The molecule has 10 rings (SSSR count). The molecule has 0 amide bonds. The Hall–Kier alpha value is -6.91. The molecule has 2 aromatic heterocycles. The number of benzene rings is 8. The van der Waals surface area contributed by atoms with Crippen LogP contribution in [-0.4, -0.2) is 15.0 Å². The Kier molecular flexibility index (Phi) is 6.78. The number of aromatic nitrogens is 3. The Morgan fingerprint density at radius 2 is 0.824 bits per heavy atom. The molecule has 0 fully saturated rings. The highest BCUT2D eigenvalue weighted by molar-refractivity contribution is 6.18. The minimum Gasteiger partial charge on any atom is -0.456 e. The van der Waals surface area contributed by atoms with Crippen molar-refractivity contribution in [2.24, 2.45) is 0 Å². The van der Waals surface area contributed by atoms with Gasteiger partial charge in [0.1, 0.15) is 11.2 Å². The molecule has 4 nitrogen and oxygen atoms in total. The summed E-state index contributed by atoms with van der Waals surface area (Å²) in [4.78, 5) is 15.3. The minimum atomic E-state index is 0.596. The lowest BCUT2D eigenvalue weighted by Gasteiger charge is -2.11. The predicted octanol–water partition coefficient (Wildman–Crippen LogP) is 12.4. The van der Waals surface area contributed by atoms with Crippen LogP contribution in [0.2, 0.25) is 0 Å². The molecule has 0 spiro atoms. The van der Waals surface area contributed by atoms with Crippen molar-refractivity contribution in [3.63, 3.8) is 0 Å². The summed E-state index contributed by atoms with van der Waals surface area (Å²) in [5.41, 5.74) is 8.89. The first-order chi connectivity index (χ1) is 25.3. The molecule has 51 heavy (non-hydrogen) atoms. The molecular formula is C47H29N3O. The smallest absolute Gasteiger partial charge is 0.164 e. The molecule has 0 aliphatic heterocycles. The summed E-state index contributed by atoms with van der Waals surface area (Å²) in [5.74, 6) is 1.83. The number of fused-ring (bicyclic) bond motifs is 6. The summed E-state index contributed by atoms with van der Waals surface area (Å²) in [5, 5.41) is 6.96. The highest BCUT2D eigenvalue weighted by Gasteiger charge is 2.20. The van der Waals surface area contributed by atoms with Crippen LogP contribution in [0.5, 0.6) is 0 Å². The maximum Gasteiger partial charge on any atom is 0.164 e. The molecule has 0 aliphatic rings. The highest BCUT2D eigenvalue weighted by Crippen LogP contribution is 2.42. The number of rotatable bonds is 5. The van der Waals surface area contributed by atoms with Gasteiger partial charge in [-0.25, -0.2) is 15.0 Å². The third-order valence-corrected chi connectivity index (χ3v) is 9.74. The molecular weight excluding hydrogens is 623 g/mol.